The third-order valence-corrected chi connectivity index (χ3v) is 11.1. The Kier molecular flexibility index (Phi) is 6.16. The van der Waals surface area contributed by atoms with Crippen molar-refractivity contribution in [2.24, 2.45) is 0 Å². The maximum atomic E-state index is 7.83. The minimum absolute atomic E-state index is 0. The average Bonchev–Trinajstić information content (AvgIpc) is 2.92. The van der Waals surface area contributed by atoms with Crippen molar-refractivity contribution in [1.29, 1.82) is 0 Å². The van der Waals surface area contributed by atoms with Crippen molar-refractivity contribution in [2.75, 3.05) is 0 Å². The van der Waals surface area contributed by atoms with Gasteiger partial charge in [-0.25, -0.2) is 0 Å². The molecule has 2 rings (SSSR count). The van der Waals surface area contributed by atoms with E-state index in [2.05, 4.69) is 40.8 Å². The molecule has 0 saturated carbocycles. The first kappa shape index (κ1) is 15.3. The Balaban J connectivity index is 0.00000220. The first-order chi connectivity index (χ1) is 9.51. The molecule has 0 aromatic heterocycles. The molecule has 1 radical (unpaired) electrons. The van der Waals surface area contributed by atoms with E-state index in [1.54, 1.807) is 0 Å². The zero-order valence-corrected chi connectivity index (χ0v) is 17.2. The van der Waals surface area contributed by atoms with Crippen LogP contribution in [0.4, 0.5) is 0 Å². The number of allylic oxidation sites excluding steroid dienone is 2. The van der Waals surface area contributed by atoms with Crippen LogP contribution in [-0.2, 0) is 32.7 Å². The van der Waals surface area contributed by atoms with Crippen LogP contribution < -0.4 is 0 Å². The van der Waals surface area contributed by atoms with Crippen LogP contribution in [0.5, 0.6) is 0 Å². The second-order valence-corrected chi connectivity index (χ2v) is 12.1. The Morgan fingerprint density at radius 2 is 1.05 bits per heavy atom. The van der Waals surface area contributed by atoms with Crippen LogP contribution >= 0.6 is 15.8 Å². The second kappa shape index (κ2) is 7.63. The summed E-state index contributed by atoms with van der Waals surface area (Å²) in [5, 5.41) is 2.17. The van der Waals surface area contributed by atoms with E-state index in [9.17, 15) is 0 Å². The molecule has 0 bridgehead atoms. The topological polar surface area (TPSA) is 0 Å². The number of hydrogen-bond donors (Lipinski definition) is 0. The van der Waals surface area contributed by atoms with Crippen molar-refractivity contribution in [1.82, 2.24) is 0 Å². The molecule has 19 heavy (non-hydrogen) atoms. The van der Waals surface area contributed by atoms with Crippen LogP contribution in [0.3, 0.4) is 0 Å². The SMILES string of the molecule is [3H][C-]=C(C(=[C-][3H])P1C(C)CCC1C)P1C(C)CCC1C.[Y]. The normalized spacial score (nSPS) is 45.7. The summed E-state index contributed by atoms with van der Waals surface area (Å²) in [6.45, 7) is 14.8. The molecule has 3 heteroatoms. The van der Waals surface area contributed by atoms with Gasteiger partial charge in [0.1, 0.15) is 0 Å². The van der Waals surface area contributed by atoms with Crippen molar-refractivity contribution in [3.63, 3.8) is 0 Å². The molecule has 0 N–H and O–H groups in total. The molecule has 0 spiro atoms. The Morgan fingerprint density at radius 3 is 1.26 bits per heavy atom. The molecular weight excluding hydrogens is 343 g/mol. The van der Waals surface area contributed by atoms with Crippen molar-refractivity contribution >= 4 is 15.8 Å². The van der Waals surface area contributed by atoms with Crippen molar-refractivity contribution < 1.29 is 35.5 Å². The largest absolute Gasteiger partial charge is 0.386 e. The fourth-order valence-corrected chi connectivity index (χ4v) is 9.91. The Morgan fingerprint density at radius 1 is 0.789 bits per heavy atom. The predicted octanol–water partition coefficient (Wildman–Crippen LogP) is 5.72. The molecule has 0 nitrogen and oxygen atoms in total. The molecule has 0 aliphatic carbocycles. The minimum atomic E-state index is -0.316. The van der Waals surface area contributed by atoms with Gasteiger partial charge in [0, 0.05) is 32.7 Å². The maximum Gasteiger partial charge on any atom is 0 e. The van der Waals surface area contributed by atoms with Crippen LogP contribution in [0.15, 0.2) is 10.6 Å². The standard InChI is InChI=1S/C16H26P2.Y/c1-11-7-8-12(2)17(11)15(5)16(6)18-13(3)9-10-14(18)4;/h5-6,11-14H,7-10H2,1-4H3;/q-2;/i5T,6T;. The van der Waals surface area contributed by atoms with Gasteiger partial charge in [0.05, 0.1) is 0 Å². The van der Waals surface area contributed by atoms with Crippen molar-refractivity contribution in [2.45, 2.75) is 76.0 Å². The summed E-state index contributed by atoms with van der Waals surface area (Å²) in [5.74, 6) is 0. The molecule has 2 aliphatic rings. The molecule has 0 aromatic rings. The van der Waals surface area contributed by atoms with E-state index in [-0.39, 0.29) is 48.6 Å². The second-order valence-electron chi connectivity index (χ2n) is 6.06. The van der Waals surface area contributed by atoms with Gasteiger partial charge < -0.3 is 23.7 Å². The van der Waals surface area contributed by atoms with Gasteiger partial charge in [0.25, 0.3) is 0 Å². The van der Waals surface area contributed by atoms with E-state index in [1.807, 2.05) is 0 Å². The molecule has 2 heterocycles. The maximum absolute atomic E-state index is 7.83. The summed E-state index contributed by atoms with van der Waals surface area (Å²) in [4.78, 5) is 0. The van der Waals surface area contributed by atoms with Gasteiger partial charge in [-0.2, -0.15) is 15.8 Å². The molecule has 4 unspecified atom stereocenters. The van der Waals surface area contributed by atoms with Crippen molar-refractivity contribution in [3.8, 4) is 0 Å². The van der Waals surface area contributed by atoms with Gasteiger partial charge in [0.2, 0.25) is 0 Å². The van der Waals surface area contributed by atoms with Crippen LogP contribution in [0.25, 0.3) is 0 Å². The summed E-state index contributed by atoms with van der Waals surface area (Å²) in [6, 6.07) is 0. The summed E-state index contributed by atoms with van der Waals surface area (Å²) >= 11 is 0. The van der Waals surface area contributed by atoms with Gasteiger partial charge >= 0.3 is 0 Å². The minimum Gasteiger partial charge on any atom is -0.386 e. The quantitative estimate of drug-likeness (QED) is 0.337. The summed E-state index contributed by atoms with van der Waals surface area (Å²) in [7, 11) is -0.632. The van der Waals surface area contributed by atoms with Crippen molar-refractivity contribution in [3.05, 3.63) is 23.7 Å². The zero-order valence-electron chi connectivity index (χ0n) is 14.6. The smallest absolute Gasteiger partial charge is 0 e. The van der Waals surface area contributed by atoms with Gasteiger partial charge in [-0.05, 0) is 48.3 Å². The van der Waals surface area contributed by atoms with Gasteiger partial charge in [0.15, 0.2) is 0 Å². The van der Waals surface area contributed by atoms with Crippen LogP contribution in [0, 0.1) is 13.1 Å². The zero-order chi connectivity index (χ0) is 14.9. The monoisotopic (exact) mass is 373 g/mol. The van der Waals surface area contributed by atoms with Crippen LogP contribution in [-0.4, -0.2) is 22.6 Å². The molecule has 2 aliphatic heterocycles. The molecule has 105 valence electrons. The summed E-state index contributed by atoms with van der Waals surface area (Å²) in [5.41, 5.74) is 2.72. The predicted molar refractivity (Wildman–Crippen MR) is 85.8 cm³/mol. The summed E-state index contributed by atoms with van der Waals surface area (Å²) in [6.07, 6.45) is 5.08. The van der Waals surface area contributed by atoms with Gasteiger partial charge in [-0.1, -0.05) is 27.7 Å². The van der Waals surface area contributed by atoms with E-state index in [1.165, 1.54) is 25.7 Å². The van der Waals surface area contributed by atoms with E-state index in [4.69, 9.17) is 2.74 Å². The molecule has 4 atom stereocenters. The number of hydrogen-bond acceptors (Lipinski definition) is 0. The van der Waals surface area contributed by atoms with Crippen LogP contribution in [0.2, 0.25) is 0 Å². The molecular formula is C16H26P2Y-2. The fraction of sp³-hybridized carbons (Fsp3) is 0.750. The molecule has 0 amide bonds. The summed E-state index contributed by atoms with van der Waals surface area (Å²) < 4.78 is 15.7. The molecule has 2 fully saturated rings. The Bertz CT molecular complexity index is 353. The third kappa shape index (κ3) is 3.80. The Labute approximate surface area is 150 Å². The number of rotatable bonds is 3. The van der Waals surface area contributed by atoms with Gasteiger partial charge in [-0.15, -0.1) is 2.74 Å². The van der Waals surface area contributed by atoms with Crippen LogP contribution in [0.1, 0.15) is 56.1 Å². The average molecular weight is 373 g/mol. The first-order valence-corrected chi connectivity index (χ1v) is 10.1. The molecule has 0 aromatic carbocycles. The van der Waals surface area contributed by atoms with E-state index >= 15 is 0 Å². The molecule has 2 saturated heterocycles. The van der Waals surface area contributed by atoms with E-state index < -0.39 is 0 Å². The van der Waals surface area contributed by atoms with E-state index in [0.717, 1.165) is 10.6 Å². The van der Waals surface area contributed by atoms with E-state index in [0.29, 0.717) is 22.6 Å². The third-order valence-electron chi connectivity index (χ3n) is 4.64. The van der Waals surface area contributed by atoms with Gasteiger partial charge in [-0.3, -0.25) is 0 Å². The fourth-order valence-electron chi connectivity index (χ4n) is 3.52. The first-order valence-electron chi connectivity index (χ1n) is 8.17. The Hall–Kier alpha value is 1.44.